The lowest BCUT2D eigenvalue weighted by Gasteiger charge is -2.22. The smallest absolute Gasteiger partial charge is 0.304 e. The van der Waals surface area contributed by atoms with Crippen molar-refractivity contribution in [3.63, 3.8) is 0 Å². The lowest BCUT2D eigenvalue weighted by Crippen LogP contribution is -2.29. The summed E-state index contributed by atoms with van der Waals surface area (Å²) in [4.78, 5) is 19.1. The fourth-order valence-electron chi connectivity index (χ4n) is 1.88. The zero-order valence-corrected chi connectivity index (χ0v) is 11.7. The van der Waals surface area contributed by atoms with Gasteiger partial charge in [0.25, 0.3) is 0 Å². The van der Waals surface area contributed by atoms with E-state index in [0.29, 0.717) is 6.54 Å². The average molecular weight is 265 g/mol. The second kappa shape index (κ2) is 8.61. The van der Waals surface area contributed by atoms with Crippen molar-refractivity contribution >= 4 is 5.97 Å². The van der Waals surface area contributed by atoms with Gasteiger partial charge >= 0.3 is 5.97 Å². The Morgan fingerprint density at radius 1 is 1.32 bits per heavy atom. The van der Waals surface area contributed by atoms with E-state index in [0.717, 1.165) is 31.6 Å². The van der Waals surface area contributed by atoms with Crippen LogP contribution in [0.3, 0.4) is 0 Å². The molecule has 0 bridgehead atoms. The number of aromatic nitrogens is 1. The Morgan fingerprint density at radius 2 is 2.11 bits per heavy atom. The van der Waals surface area contributed by atoms with Crippen LogP contribution in [-0.4, -0.2) is 59.6 Å². The lowest BCUT2D eigenvalue weighted by atomic mass is 10.2. The topological polar surface area (TPSA) is 56.7 Å². The molecule has 0 unspecified atom stereocenters. The molecule has 0 spiro atoms. The van der Waals surface area contributed by atoms with Gasteiger partial charge in [-0.25, -0.2) is 0 Å². The molecular formula is C14H23N3O2. The van der Waals surface area contributed by atoms with Crippen molar-refractivity contribution in [2.45, 2.75) is 19.4 Å². The number of rotatable bonds is 9. The highest BCUT2D eigenvalue weighted by Crippen LogP contribution is 2.05. The molecule has 0 aliphatic carbocycles. The maximum absolute atomic E-state index is 10.7. The van der Waals surface area contributed by atoms with Gasteiger partial charge in [-0.1, -0.05) is 6.07 Å². The highest BCUT2D eigenvalue weighted by molar-refractivity contribution is 5.66. The summed E-state index contributed by atoms with van der Waals surface area (Å²) in [6, 6.07) is 3.93. The van der Waals surface area contributed by atoms with Crippen molar-refractivity contribution in [1.82, 2.24) is 14.8 Å². The Morgan fingerprint density at radius 3 is 2.68 bits per heavy atom. The molecule has 1 aromatic rings. The summed E-state index contributed by atoms with van der Waals surface area (Å²) >= 11 is 0. The van der Waals surface area contributed by atoms with E-state index in [-0.39, 0.29) is 6.42 Å². The molecular weight excluding hydrogens is 242 g/mol. The molecule has 1 heterocycles. The number of carbonyl (C=O) groups is 1. The first-order valence-corrected chi connectivity index (χ1v) is 6.55. The van der Waals surface area contributed by atoms with Crippen LogP contribution in [0.25, 0.3) is 0 Å². The normalized spacial score (nSPS) is 11.2. The van der Waals surface area contributed by atoms with Crippen LogP contribution in [0.15, 0.2) is 24.5 Å². The third-order valence-corrected chi connectivity index (χ3v) is 2.85. The van der Waals surface area contributed by atoms with Gasteiger partial charge < -0.3 is 10.0 Å². The summed E-state index contributed by atoms with van der Waals surface area (Å²) in [5, 5.41) is 8.79. The number of hydrogen-bond acceptors (Lipinski definition) is 4. The summed E-state index contributed by atoms with van der Waals surface area (Å²) in [6.45, 7) is 3.25. The van der Waals surface area contributed by atoms with Crippen molar-refractivity contribution in [2.24, 2.45) is 0 Å². The van der Waals surface area contributed by atoms with Gasteiger partial charge in [-0.15, -0.1) is 0 Å². The molecule has 1 rings (SSSR count). The lowest BCUT2D eigenvalue weighted by molar-refractivity contribution is -0.137. The highest BCUT2D eigenvalue weighted by Gasteiger charge is 2.08. The first-order chi connectivity index (χ1) is 9.08. The van der Waals surface area contributed by atoms with Gasteiger partial charge in [0.05, 0.1) is 6.42 Å². The van der Waals surface area contributed by atoms with Crippen LogP contribution in [0.1, 0.15) is 18.4 Å². The summed E-state index contributed by atoms with van der Waals surface area (Å²) in [5.41, 5.74) is 1.12. The number of hydrogen-bond donors (Lipinski definition) is 1. The van der Waals surface area contributed by atoms with Crippen molar-refractivity contribution in [2.75, 3.05) is 33.7 Å². The van der Waals surface area contributed by atoms with Gasteiger partial charge in [0.15, 0.2) is 0 Å². The highest BCUT2D eigenvalue weighted by atomic mass is 16.4. The number of nitrogens with zero attached hydrogens (tertiary/aromatic N) is 3. The quantitative estimate of drug-likeness (QED) is 0.729. The van der Waals surface area contributed by atoms with E-state index in [1.807, 2.05) is 32.4 Å². The molecule has 0 atom stereocenters. The van der Waals surface area contributed by atoms with Gasteiger partial charge in [0, 0.05) is 25.5 Å². The number of aliphatic carboxylic acids is 1. The van der Waals surface area contributed by atoms with Gasteiger partial charge in [-0.05, 0) is 45.2 Å². The average Bonchev–Trinajstić information content (AvgIpc) is 2.36. The summed E-state index contributed by atoms with van der Waals surface area (Å²) in [7, 11) is 4.09. The van der Waals surface area contributed by atoms with Crippen molar-refractivity contribution in [3.05, 3.63) is 30.1 Å². The van der Waals surface area contributed by atoms with Crippen LogP contribution in [0, 0.1) is 0 Å². The Hall–Kier alpha value is -1.46. The molecule has 0 aliphatic rings. The molecule has 19 heavy (non-hydrogen) atoms. The van der Waals surface area contributed by atoms with E-state index in [1.54, 1.807) is 6.20 Å². The standard InChI is InChI=1S/C14H23N3O2/c1-16(2)8-4-9-17(10-6-14(18)19)12-13-5-3-7-15-11-13/h3,5,7,11H,4,6,8-10,12H2,1-2H3,(H,18,19). The molecule has 1 aromatic heterocycles. The molecule has 0 fully saturated rings. The Kier molecular flexibility index (Phi) is 7.07. The van der Waals surface area contributed by atoms with Gasteiger partial charge in [0.2, 0.25) is 0 Å². The molecule has 0 aliphatic heterocycles. The first kappa shape index (κ1) is 15.6. The number of carboxylic acids is 1. The van der Waals surface area contributed by atoms with Crippen LogP contribution in [0.5, 0.6) is 0 Å². The minimum Gasteiger partial charge on any atom is -0.481 e. The van der Waals surface area contributed by atoms with Crippen LogP contribution in [0.4, 0.5) is 0 Å². The minimum absolute atomic E-state index is 0.183. The zero-order valence-electron chi connectivity index (χ0n) is 11.7. The second-order valence-electron chi connectivity index (χ2n) is 4.94. The van der Waals surface area contributed by atoms with Crippen LogP contribution >= 0.6 is 0 Å². The second-order valence-corrected chi connectivity index (χ2v) is 4.94. The van der Waals surface area contributed by atoms with Gasteiger partial charge in [-0.3, -0.25) is 14.7 Å². The maximum Gasteiger partial charge on any atom is 0.304 e. The predicted molar refractivity (Wildman–Crippen MR) is 74.9 cm³/mol. The van der Waals surface area contributed by atoms with Crippen molar-refractivity contribution in [1.29, 1.82) is 0 Å². The van der Waals surface area contributed by atoms with E-state index < -0.39 is 5.97 Å². The number of pyridine rings is 1. The van der Waals surface area contributed by atoms with Crippen molar-refractivity contribution in [3.8, 4) is 0 Å². The van der Waals surface area contributed by atoms with Crippen LogP contribution < -0.4 is 0 Å². The summed E-state index contributed by atoms with van der Waals surface area (Å²) in [6.07, 6.45) is 4.80. The third-order valence-electron chi connectivity index (χ3n) is 2.85. The fraction of sp³-hybridized carbons (Fsp3) is 0.571. The SMILES string of the molecule is CN(C)CCCN(CCC(=O)O)Cc1cccnc1. The van der Waals surface area contributed by atoms with E-state index in [4.69, 9.17) is 5.11 Å². The van der Waals surface area contributed by atoms with E-state index in [2.05, 4.69) is 14.8 Å². The number of carboxylic acid groups (broad SMARTS) is 1. The Bertz CT molecular complexity index is 368. The van der Waals surface area contributed by atoms with E-state index in [1.165, 1.54) is 0 Å². The largest absolute Gasteiger partial charge is 0.481 e. The predicted octanol–water partition coefficient (Wildman–Crippen LogP) is 1.31. The molecule has 5 nitrogen and oxygen atoms in total. The molecule has 0 saturated carbocycles. The molecule has 5 heteroatoms. The minimum atomic E-state index is -0.746. The van der Waals surface area contributed by atoms with Crippen LogP contribution in [0.2, 0.25) is 0 Å². The maximum atomic E-state index is 10.7. The molecule has 0 aromatic carbocycles. The Balaban J connectivity index is 2.46. The molecule has 0 radical (unpaired) electrons. The first-order valence-electron chi connectivity index (χ1n) is 6.55. The molecule has 106 valence electrons. The molecule has 0 saturated heterocycles. The van der Waals surface area contributed by atoms with E-state index in [9.17, 15) is 4.79 Å². The summed E-state index contributed by atoms with van der Waals surface area (Å²) in [5.74, 6) is -0.746. The Labute approximate surface area is 114 Å². The molecule has 1 N–H and O–H groups in total. The zero-order chi connectivity index (χ0) is 14.1. The third kappa shape index (κ3) is 7.54. The van der Waals surface area contributed by atoms with E-state index >= 15 is 0 Å². The summed E-state index contributed by atoms with van der Waals surface area (Å²) < 4.78 is 0. The van der Waals surface area contributed by atoms with Crippen molar-refractivity contribution < 1.29 is 9.90 Å². The van der Waals surface area contributed by atoms with Gasteiger partial charge in [-0.2, -0.15) is 0 Å². The fourth-order valence-corrected chi connectivity index (χ4v) is 1.88. The molecule has 0 amide bonds. The van der Waals surface area contributed by atoms with Crippen LogP contribution in [-0.2, 0) is 11.3 Å². The van der Waals surface area contributed by atoms with Gasteiger partial charge in [0.1, 0.15) is 0 Å². The monoisotopic (exact) mass is 265 g/mol.